The van der Waals surface area contributed by atoms with Gasteiger partial charge >= 0.3 is 0 Å². The second kappa shape index (κ2) is 6.43. The Labute approximate surface area is 126 Å². The highest BCUT2D eigenvalue weighted by Gasteiger charge is 2.25. The summed E-state index contributed by atoms with van der Waals surface area (Å²) < 4.78 is 5.63. The van der Waals surface area contributed by atoms with E-state index in [1.165, 1.54) is 0 Å². The van der Waals surface area contributed by atoms with E-state index < -0.39 is 0 Å². The van der Waals surface area contributed by atoms with Gasteiger partial charge in [0.2, 0.25) is 5.91 Å². The smallest absolute Gasteiger partial charge is 0.287 e. The van der Waals surface area contributed by atoms with E-state index in [-0.39, 0.29) is 24.1 Å². The molecule has 0 saturated carbocycles. The summed E-state index contributed by atoms with van der Waals surface area (Å²) in [6.45, 7) is 5.84. The van der Waals surface area contributed by atoms with Crippen molar-refractivity contribution in [3.63, 3.8) is 0 Å². The zero-order valence-corrected chi connectivity index (χ0v) is 13.3. The predicted octanol–water partition coefficient (Wildman–Crippen LogP) is 2.28. The number of carbonyl (C=O) groups is 2. The van der Waals surface area contributed by atoms with E-state index in [0.29, 0.717) is 16.5 Å². The lowest BCUT2D eigenvalue weighted by Crippen LogP contribution is -2.46. The number of nitrogens with one attached hydrogen (secondary N) is 1. The van der Waals surface area contributed by atoms with Crippen LogP contribution in [0.25, 0.3) is 0 Å². The van der Waals surface area contributed by atoms with E-state index in [2.05, 4.69) is 35.1 Å². The van der Waals surface area contributed by atoms with Crippen LogP contribution in [0.3, 0.4) is 0 Å². The van der Waals surface area contributed by atoms with Crippen molar-refractivity contribution in [2.45, 2.75) is 20.3 Å². The van der Waals surface area contributed by atoms with Crippen molar-refractivity contribution < 1.29 is 14.0 Å². The Kier molecular flexibility index (Phi) is 4.86. The average molecular weight is 343 g/mol. The number of amides is 2. The predicted molar refractivity (Wildman–Crippen MR) is 78.3 cm³/mol. The molecule has 6 heteroatoms. The fourth-order valence-corrected chi connectivity index (χ4v) is 2.96. The second-order valence-corrected chi connectivity index (χ2v) is 6.31. The minimum absolute atomic E-state index is 0.0105. The highest BCUT2D eigenvalue weighted by Crippen LogP contribution is 2.20. The highest BCUT2D eigenvalue weighted by atomic mass is 79.9. The summed E-state index contributed by atoms with van der Waals surface area (Å²) in [5.41, 5.74) is 0. The van der Waals surface area contributed by atoms with Gasteiger partial charge < -0.3 is 14.6 Å². The first-order valence-corrected chi connectivity index (χ1v) is 7.56. The Balaban J connectivity index is 1.84. The number of rotatable bonds is 3. The number of halogens is 1. The molecular formula is C14H19BrN2O3. The zero-order chi connectivity index (χ0) is 14.7. The normalized spacial score (nSPS) is 22.6. The lowest BCUT2D eigenvalue weighted by molar-refractivity contribution is -0.132. The number of hydrogen-bond donors (Lipinski definition) is 1. The highest BCUT2D eigenvalue weighted by molar-refractivity contribution is 9.10. The van der Waals surface area contributed by atoms with Crippen LogP contribution in [-0.2, 0) is 4.79 Å². The van der Waals surface area contributed by atoms with Gasteiger partial charge in [0, 0.05) is 13.1 Å². The molecule has 0 unspecified atom stereocenters. The SMILES string of the molecule is C[C@H]1C[C@H](C)CN(C(=O)CNC(=O)c2ccc(Br)o2)C1. The zero-order valence-electron chi connectivity index (χ0n) is 11.7. The molecule has 110 valence electrons. The summed E-state index contributed by atoms with van der Waals surface area (Å²) in [7, 11) is 0. The molecule has 0 radical (unpaired) electrons. The minimum atomic E-state index is -0.373. The molecule has 2 atom stereocenters. The van der Waals surface area contributed by atoms with Gasteiger partial charge in [-0.15, -0.1) is 0 Å². The lowest BCUT2D eigenvalue weighted by Gasteiger charge is -2.35. The van der Waals surface area contributed by atoms with E-state index in [1.807, 2.05) is 4.90 Å². The van der Waals surface area contributed by atoms with Gasteiger partial charge in [-0.1, -0.05) is 13.8 Å². The summed E-state index contributed by atoms with van der Waals surface area (Å²) in [6, 6.07) is 3.21. The Morgan fingerprint density at radius 1 is 1.35 bits per heavy atom. The molecule has 5 nitrogen and oxygen atoms in total. The molecule has 2 heterocycles. The van der Waals surface area contributed by atoms with Crippen LogP contribution < -0.4 is 5.32 Å². The van der Waals surface area contributed by atoms with Crippen molar-refractivity contribution in [3.05, 3.63) is 22.6 Å². The Morgan fingerprint density at radius 3 is 2.55 bits per heavy atom. The van der Waals surface area contributed by atoms with Gasteiger partial charge in [0.15, 0.2) is 10.4 Å². The first kappa shape index (κ1) is 15.1. The van der Waals surface area contributed by atoms with Crippen molar-refractivity contribution in [1.82, 2.24) is 10.2 Å². The molecule has 0 aliphatic carbocycles. The van der Waals surface area contributed by atoms with Gasteiger partial charge in [0.05, 0.1) is 6.54 Å². The van der Waals surface area contributed by atoms with Crippen LogP contribution in [0.5, 0.6) is 0 Å². The molecule has 1 N–H and O–H groups in total. The lowest BCUT2D eigenvalue weighted by atomic mass is 9.92. The first-order valence-electron chi connectivity index (χ1n) is 6.77. The summed E-state index contributed by atoms with van der Waals surface area (Å²) in [4.78, 5) is 25.7. The number of carbonyl (C=O) groups excluding carboxylic acids is 2. The second-order valence-electron chi connectivity index (χ2n) is 5.53. The van der Waals surface area contributed by atoms with Crippen molar-refractivity contribution in [1.29, 1.82) is 0 Å². The average Bonchev–Trinajstić information content (AvgIpc) is 2.81. The van der Waals surface area contributed by atoms with Crippen LogP contribution in [0.2, 0.25) is 0 Å². The fraction of sp³-hybridized carbons (Fsp3) is 0.571. The van der Waals surface area contributed by atoms with E-state index in [4.69, 9.17) is 4.42 Å². The molecule has 2 rings (SSSR count). The maximum Gasteiger partial charge on any atom is 0.287 e. The third kappa shape index (κ3) is 3.85. The van der Waals surface area contributed by atoms with Crippen LogP contribution in [-0.4, -0.2) is 36.3 Å². The molecule has 0 bridgehead atoms. The number of furan rings is 1. The van der Waals surface area contributed by atoms with E-state index >= 15 is 0 Å². The van der Waals surface area contributed by atoms with E-state index in [0.717, 1.165) is 19.5 Å². The van der Waals surface area contributed by atoms with Gasteiger partial charge in [-0.05, 0) is 46.3 Å². The Morgan fingerprint density at radius 2 is 2.00 bits per heavy atom. The standard InChI is InChI=1S/C14H19BrN2O3/c1-9-5-10(2)8-17(7-9)13(18)6-16-14(19)11-3-4-12(15)20-11/h3-4,9-10H,5-8H2,1-2H3,(H,16,19)/t9-,10-/m0/s1. The monoisotopic (exact) mass is 342 g/mol. The quantitative estimate of drug-likeness (QED) is 0.916. The summed E-state index contributed by atoms with van der Waals surface area (Å²) in [6.07, 6.45) is 1.15. The van der Waals surface area contributed by atoms with Gasteiger partial charge in [-0.2, -0.15) is 0 Å². The Hall–Kier alpha value is -1.30. The molecule has 0 aromatic carbocycles. The van der Waals surface area contributed by atoms with Crippen molar-refractivity contribution >= 4 is 27.7 Å². The molecule has 1 fully saturated rings. The van der Waals surface area contributed by atoms with Crippen LogP contribution in [0, 0.1) is 11.8 Å². The Bertz CT molecular complexity index is 490. The molecule has 20 heavy (non-hydrogen) atoms. The number of piperidine rings is 1. The van der Waals surface area contributed by atoms with Crippen LogP contribution in [0.1, 0.15) is 30.8 Å². The molecule has 1 saturated heterocycles. The third-order valence-electron chi connectivity index (χ3n) is 3.42. The molecule has 2 amide bonds. The molecular weight excluding hydrogens is 324 g/mol. The van der Waals surface area contributed by atoms with Crippen LogP contribution >= 0.6 is 15.9 Å². The largest absolute Gasteiger partial charge is 0.444 e. The maximum atomic E-state index is 12.1. The number of likely N-dealkylation sites (tertiary alicyclic amines) is 1. The molecule has 1 aliphatic heterocycles. The van der Waals surface area contributed by atoms with E-state index in [9.17, 15) is 9.59 Å². The van der Waals surface area contributed by atoms with E-state index in [1.54, 1.807) is 12.1 Å². The van der Waals surface area contributed by atoms with Crippen molar-refractivity contribution in [2.75, 3.05) is 19.6 Å². The van der Waals surface area contributed by atoms with Gasteiger partial charge in [0.25, 0.3) is 5.91 Å². The summed E-state index contributed by atoms with van der Waals surface area (Å²) >= 11 is 3.13. The molecule has 0 spiro atoms. The van der Waals surface area contributed by atoms with Crippen LogP contribution in [0.4, 0.5) is 0 Å². The summed E-state index contributed by atoms with van der Waals surface area (Å²) in [5.74, 6) is 0.813. The summed E-state index contributed by atoms with van der Waals surface area (Å²) in [5, 5.41) is 2.59. The fourth-order valence-electron chi connectivity index (χ4n) is 2.66. The minimum Gasteiger partial charge on any atom is -0.444 e. The maximum absolute atomic E-state index is 12.1. The van der Waals surface area contributed by atoms with Crippen molar-refractivity contribution in [2.24, 2.45) is 11.8 Å². The molecule has 1 aromatic rings. The molecule has 1 aliphatic rings. The van der Waals surface area contributed by atoms with Crippen LogP contribution in [0.15, 0.2) is 21.2 Å². The third-order valence-corrected chi connectivity index (χ3v) is 3.84. The molecule has 1 aromatic heterocycles. The van der Waals surface area contributed by atoms with Gasteiger partial charge in [-0.25, -0.2) is 0 Å². The number of nitrogens with zero attached hydrogens (tertiary/aromatic N) is 1. The van der Waals surface area contributed by atoms with Gasteiger partial charge in [0.1, 0.15) is 0 Å². The van der Waals surface area contributed by atoms with Crippen molar-refractivity contribution in [3.8, 4) is 0 Å². The topological polar surface area (TPSA) is 62.6 Å². The first-order chi connectivity index (χ1) is 9.45. The number of hydrogen-bond acceptors (Lipinski definition) is 3. The van der Waals surface area contributed by atoms with Gasteiger partial charge in [-0.3, -0.25) is 9.59 Å².